The summed E-state index contributed by atoms with van der Waals surface area (Å²) in [6, 6.07) is 9.42. The second-order valence-electron chi connectivity index (χ2n) is 8.30. The van der Waals surface area contributed by atoms with Crippen molar-refractivity contribution in [3.8, 4) is 11.5 Å². The van der Waals surface area contributed by atoms with Crippen LogP contribution >= 0.6 is 0 Å². The van der Waals surface area contributed by atoms with Gasteiger partial charge < -0.3 is 23.9 Å². The molecule has 0 saturated heterocycles. The smallest absolute Gasteiger partial charge is 0.336 e. The van der Waals surface area contributed by atoms with Gasteiger partial charge in [0.1, 0.15) is 11.5 Å². The van der Waals surface area contributed by atoms with Crippen LogP contribution in [0.3, 0.4) is 0 Å². The number of hydrogen-bond donors (Lipinski definition) is 1. The Morgan fingerprint density at radius 2 is 1.85 bits per heavy atom. The minimum Gasteiger partial charge on any atom is -0.493 e. The summed E-state index contributed by atoms with van der Waals surface area (Å²) in [6.45, 7) is 5.70. The molecular formula is C26H29NO6. The highest BCUT2D eigenvalue weighted by atomic mass is 16.5. The fourth-order valence-corrected chi connectivity index (χ4v) is 4.75. The summed E-state index contributed by atoms with van der Waals surface area (Å²) in [7, 11) is 3.19. The molecule has 1 aromatic heterocycles. The summed E-state index contributed by atoms with van der Waals surface area (Å²) < 4.78 is 22.0. The van der Waals surface area contributed by atoms with Gasteiger partial charge in [0, 0.05) is 23.4 Å². The number of esters is 1. The molecule has 0 amide bonds. The molecular weight excluding hydrogens is 422 g/mol. The van der Waals surface area contributed by atoms with Crippen molar-refractivity contribution in [2.75, 3.05) is 20.8 Å². The van der Waals surface area contributed by atoms with E-state index in [1.165, 1.54) is 0 Å². The first kappa shape index (κ1) is 22.7. The maximum atomic E-state index is 13.5. The van der Waals surface area contributed by atoms with Gasteiger partial charge in [-0.15, -0.1) is 0 Å². The van der Waals surface area contributed by atoms with Gasteiger partial charge in [-0.1, -0.05) is 6.07 Å². The number of hydrogen-bond acceptors (Lipinski definition) is 7. The van der Waals surface area contributed by atoms with Crippen molar-refractivity contribution < 1.29 is 28.2 Å². The SMILES string of the molecule is CCOC(=O)C1=C(C)NC2=C(C(=O)C[C@H](c3ccc(OC)c(OC)c3)C2)[C@H]1c1ccc(C)o1. The third-order valence-electron chi connectivity index (χ3n) is 6.25. The zero-order valence-corrected chi connectivity index (χ0v) is 19.6. The molecule has 4 rings (SSSR count). The number of carbonyl (C=O) groups excluding carboxylic acids is 2. The van der Waals surface area contributed by atoms with E-state index in [-0.39, 0.29) is 18.3 Å². The number of Topliss-reactive ketones (excluding diaryl/α,β-unsaturated/α-hetero) is 1. The van der Waals surface area contributed by atoms with Gasteiger partial charge in [0.15, 0.2) is 17.3 Å². The molecule has 0 radical (unpaired) electrons. The Morgan fingerprint density at radius 3 is 2.48 bits per heavy atom. The van der Waals surface area contributed by atoms with Gasteiger partial charge in [0.2, 0.25) is 0 Å². The predicted octanol–water partition coefficient (Wildman–Crippen LogP) is 4.53. The van der Waals surface area contributed by atoms with Crippen molar-refractivity contribution in [2.24, 2.45) is 0 Å². The van der Waals surface area contributed by atoms with E-state index in [9.17, 15) is 9.59 Å². The molecule has 0 saturated carbocycles. The van der Waals surface area contributed by atoms with Crippen molar-refractivity contribution in [3.63, 3.8) is 0 Å². The zero-order chi connectivity index (χ0) is 23.7. The van der Waals surface area contributed by atoms with Crippen LogP contribution in [-0.4, -0.2) is 32.6 Å². The molecule has 7 heteroatoms. The number of methoxy groups -OCH3 is 2. The van der Waals surface area contributed by atoms with Crippen LogP contribution in [0.4, 0.5) is 0 Å². The lowest BCUT2D eigenvalue weighted by molar-refractivity contribution is -0.138. The number of aryl methyl sites for hydroxylation is 1. The maximum Gasteiger partial charge on any atom is 0.336 e. The Morgan fingerprint density at radius 1 is 1.09 bits per heavy atom. The summed E-state index contributed by atoms with van der Waals surface area (Å²) >= 11 is 0. The van der Waals surface area contributed by atoms with E-state index in [2.05, 4.69) is 5.32 Å². The molecule has 174 valence electrons. The molecule has 2 aliphatic rings. The van der Waals surface area contributed by atoms with Gasteiger partial charge in [0.25, 0.3) is 0 Å². The third kappa shape index (κ3) is 4.15. The highest BCUT2D eigenvalue weighted by Gasteiger charge is 2.42. The number of ether oxygens (including phenoxy) is 3. The van der Waals surface area contributed by atoms with Gasteiger partial charge >= 0.3 is 5.97 Å². The average Bonchev–Trinajstić information content (AvgIpc) is 3.23. The summed E-state index contributed by atoms with van der Waals surface area (Å²) in [6.07, 6.45) is 0.946. The predicted molar refractivity (Wildman–Crippen MR) is 122 cm³/mol. The molecule has 1 N–H and O–H groups in total. The highest BCUT2D eigenvalue weighted by molar-refractivity contribution is 6.04. The van der Waals surface area contributed by atoms with Crippen LogP contribution in [0.25, 0.3) is 0 Å². The molecule has 2 aromatic rings. The fraction of sp³-hybridized carbons (Fsp3) is 0.385. The van der Waals surface area contributed by atoms with Crippen molar-refractivity contribution in [2.45, 2.75) is 45.4 Å². The molecule has 1 aliphatic heterocycles. The van der Waals surface area contributed by atoms with Crippen molar-refractivity contribution in [3.05, 3.63) is 70.0 Å². The molecule has 2 atom stereocenters. The van der Waals surface area contributed by atoms with Crippen molar-refractivity contribution in [1.82, 2.24) is 5.32 Å². The lowest BCUT2D eigenvalue weighted by atomic mass is 9.73. The van der Waals surface area contributed by atoms with E-state index in [0.717, 1.165) is 17.0 Å². The van der Waals surface area contributed by atoms with Crippen molar-refractivity contribution in [1.29, 1.82) is 0 Å². The average molecular weight is 452 g/mol. The molecule has 2 heterocycles. The lowest BCUT2D eigenvalue weighted by Gasteiger charge is -2.35. The number of benzene rings is 1. The van der Waals surface area contributed by atoms with Crippen LogP contribution < -0.4 is 14.8 Å². The normalized spacial score (nSPS) is 20.3. The van der Waals surface area contributed by atoms with Crippen LogP contribution in [0.5, 0.6) is 11.5 Å². The second kappa shape index (κ2) is 9.17. The van der Waals surface area contributed by atoms with Crippen LogP contribution in [0, 0.1) is 6.92 Å². The highest BCUT2D eigenvalue weighted by Crippen LogP contribution is 2.46. The van der Waals surface area contributed by atoms with Gasteiger partial charge in [-0.3, -0.25) is 4.79 Å². The Hall–Kier alpha value is -3.48. The topological polar surface area (TPSA) is 87.0 Å². The van der Waals surface area contributed by atoms with Gasteiger partial charge in [-0.05, 0) is 62.9 Å². The molecule has 1 aromatic carbocycles. The van der Waals surface area contributed by atoms with E-state index in [4.69, 9.17) is 18.6 Å². The number of allylic oxidation sites excluding steroid dienone is 3. The summed E-state index contributed by atoms with van der Waals surface area (Å²) in [5, 5.41) is 3.34. The second-order valence-corrected chi connectivity index (χ2v) is 8.30. The minimum absolute atomic E-state index is 0.0168. The maximum absolute atomic E-state index is 13.5. The first-order valence-corrected chi connectivity index (χ1v) is 11.1. The van der Waals surface area contributed by atoms with Crippen molar-refractivity contribution >= 4 is 11.8 Å². The Balaban J connectivity index is 1.75. The number of furan rings is 1. The largest absolute Gasteiger partial charge is 0.493 e. The summed E-state index contributed by atoms with van der Waals surface area (Å²) in [5.41, 5.74) is 3.48. The Labute approximate surface area is 193 Å². The van der Waals surface area contributed by atoms with Crippen LogP contribution in [0.15, 0.2) is 57.3 Å². The number of rotatable bonds is 6. The van der Waals surface area contributed by atoms with Gasteiger partial charge in [-0.2, -0.15) is 0 Å². The minimum atomic E-state index is -0.590. The molecule has 7 nitrogen and oxygen atoms in total. The van der Waals surface area contributed by atoms with Crippen LogP contribution in [0.1, 0.15) is 55.6 Å². The standard InChI is InChI=1S/C26H29NO6/c1-6-32-26(29)23-15(3)27-18-11-17(16-8-10-20(30-4)22(13-16)31-5)12-19(28)24(18)25(23)21-9-7-14(2)33-21/h7-10,13,17,25,27H,6,11-12H2,1-5H3/t17-,25+/m1/s1. The molecule has 1 aliphatic carbocycles. The molecule has 0 bridgehead atoms. The van der Waals surface area contributed by atoms with Gasteiger partial charge in [-0.25, -0.2) is 4.79 Å². The fourth-order valence-electron chi connectivity index (χ4n) is 4.75. The Bertz CT molecular complexity index is 1160. The van der Waals surface area contributed by atoms with E-state index >= 15 is 0 Å². The number of dihydropyridines is 1. The van der Waals surface area contributed by atoms with Crippen LogP contribution in [0.2, 0.25) is 0 Å². The third-order valence-corrected chi connectivity index (χ3v) is 6.25. The number of nitrogens with one attached hydrogen (secondary N) is 1. The van der Waals surface area contributed by atoms with E-state index in [1.807, 2.05) is 44.2 Å². The van der Waals surface area contributed by atoms with Crippen LogP contribution in [-0.2, 0) is 14.3 Å². The monoisotopic (exact) mass is 451 g/mol. The molecule has 0 unspecified atom stereocenters. The Kier molecular flexibility index (Phi) is 6.31. The molecule has 0 fully saturated rings. The zero-order valence-electron chi connectivity index (χ0n) is 19.6. The quantitative estimate of drug-likeness (QED) is 0.646. The summed E-state index contributed by atoms with van der Waals surface area (Å²) in [4.78, 5) is 26.4. The first-order valence-electron chi connectivity index (χ1n) is 11.1. The first-order chi connectivity index (χ1) is 15.9. The van der Waals surface area contributed by atoms with E-state index < -0.39 is 11.9 Å². The lowest BCUT2D eigenvalue weighted by Crippen LogP contribution is -2.36. The molecule has 33 heavy (non-hydrogen) atoms. The number of carbonyl (C=O) groups is 2. The number of ketones is 1. The van der Waals surface area contributed by atoms with E-state index in [0.29, 0.717) is 46.9 Å². The van der Waals surface area contributed by atoms with Gasteiger partial charge in [0.05, 0.1) is 32.3 Å². The van der Waals surface area contributed by atoms with E-state index in [1.54, 1.807) is 21.1 Å². The molecule has 0 spiro atoms. The summed E-state index contributed by atoms with van der Waals surface area (Å²) in [5.74, 6) is 1.49.